The number of carbonyl (C=O) groups is 3. The molecule has 3 rings (SSSR count). The normalized spacial score (nSPS) is 19.2. The summed E-state index contributed by atoms with van der Waals surface area (Å²) in [4.78, 5) is 35.8. The Balaban J connectivity index is 1.75. The van der Waals surface area contributed by atoms with Crippen molar-refractivity contribution in [1.29, 1.82) is 0 Å². The minimum Gasteiger partial charge on any atom is -0.322 e. The SMILES string of the molecule is CCC1(c2ccc(NC(=O)c3ccc(S(=O)(=O)C(F)F)cc3)cc2)CCC(=O)NC1=O. The number of sulfone groups is 1. The van der Waals surface area contributed by atoms with E-state index in [1.54, 1.807) is 24.3 Å². The molecule has 0 spiro atoms. The van der Waals surface area contributed by atoms with E-state index in [0.29, 0.717) is 18.5 Å². The molecular formula is C21H20F2N2O5S. The second-order valence-corrected chi connectivity index (χ2v) is 9.09. The quantitative estimate of drug-likeness (QED) is 0.658. The van der Waals surface area contributed by atoms with Crippen molar-refractivity contribution in [2.75, 3.05) is 5.32 Å². The first-order valence-corrected chi connectivity index (χ1v) is 11.0. The summed E-state index contributed by atoms with van der Waals surface area (Å²) in [7, 11) is -4.73. The molecule has 1 atom stereocenters. The van der Waals surface area contributed by atoms with E-state index in [9.17, 15) is 31.6 Å². The standard InChI is InChI=1S/C21H20F2N2O5S/c1-2-21(12-11-17(26)25-19(21)28)14-5-7-15(8-6-14)24-18(27)13-3-9-16(10-4-13)31(29,30)20(22)23/h3-10,20H,2,11-12H2,1H3,(H,24,27)(H,25,26,28). The third kappa shape index (κ3) is 4.34. The fourth-order valence-corrected chi connectivity index (χ4v) is 4.26. The van der Waals surface area contributed by atoms with E-state index in [0.717, 1.165) is 29.8 Å². The molecule has 0 radical (unpaired) electrons. The van der Waals surface area contributed by atoms with Crippen molar-refractivity contribution in [3.8, 4) is 0 Å². The molecular weight excluding hydrogens is 430 g/mol. The number of benzene rings is 2. The summed E-state index contributed by atoms with van der Waals surface area (Å²) in [5.41, 5.74) is 0.422. The van der Waals surface area contributed by atoms with Crippen LogP contribution in [0.2, 0.25) is 0 Å². The summed E-state index contributed by atoms with van der Waals surface area (Å²) in [5.74, 6) is -4.74. The van der Waals surface area contributed by atoms with Gasteiger partial charge in [-0.1, -0.05) is 19.1 Å². The van der Waals surface area contributed by atoms with Gasteiger partial charge in [-0.25, -0.2) is 8.42 Å². The predicted molar refractivity (Wildman–Crippen MR) is 108 cm³/mol. The van der Waals surface area contributed by atoms with Crippen molar-refractivity contribution in [1.82, 2.24) is 5.32 Å². The molecule has 1 aliphatic rings. The monoisotopic (exact) mass is 450 g/mol. The Bertz CT molecular complexity index is 1120. The van der Waals surface area contributed by atoms with Gasteiger partial charge in [0.2, 0.25) is 21.7 Å². The maximum absolute atomic E-state index is 12.6. The Morgan fingerprint density at radius 2 is 1.71 bits per heavy atom. The second-order valence-electron chi connectivity index (χ2n) is 7.17. The van der Waals surface area contributed by atoms with Gasteiger partial charge in [0.1, 0.15) is 0 Å². The van der Waals surface area contributed by atoms with E-state index in [2.05, 4.69) is 10.6 Å². The van der Waals surface area contributed by atoms with E-state index >= 15 is 0 Å². The molecule has 7 nitrogen and oxygen atoms in total. The van der Waals surface area contributed by atoms with Crippen LogP contribution in [0.1, 0.15) is 42.1 Å². The summed E-state index contributed by atoms with van der Waals surface area (Å²) in [6.45, 7) is 1.86. The Morgan fingerprint density at radius 3 is 2.23 bits per heavy atom. The van der Waals surface area contributed by atoms with Gasteiger partial charge in [-0.05, 0) is 54.8 Å². The highest BCUT2D eigenvalue weighted by molar-refractivity contribution is 7.91. The number of halogens is 2. The number of piperidine rings is 1. The number of rotatable bonds is 6. The predicted octanol–water partition coefficient (Wildman–Crippen LogP) is 3.02. The van der Waals surface area contributed by atoms with E-state index in [1.165, 1.54) is 0 Å². The first-order valence-electron chi connectivity index (χ1n) is 9.48. The van der Waals surface area contributed by atoms with Gasteiger partial charge in [0, 0.05) is 17.7 Å². The van der Waals surface area contributed by atoms with Gasteiger partial charge in [0.05, 0.1) is 10.3 Å². The number of hydrogen-bond donors (Lipinski definition) is 2. The molecule has 0 bridgehead atoms. The summed E-state index contributed by atoms with van der Waals surface area (Å²) in [6, 6.07) is 10.8. The molecule has 164 valence electrons. The zero-order valence-electron chi connectivity index (χ0n) is 16.5. The van der Waals surface area contributed by atoms with Crippen molar-refractivity contribution in [2.45, 2.75) is 42.3 Å². The largest absolute Gasteiger partial charge is 0.341 e. The second kappa shape index (κ2) is 8.54. The molecule has 31 heavy (non-hydrogen) atoms. The van der Waals surface area contributed by atoms with E-state index in [1.807, 2.05) is 6.92 Å². The number of imide groups is 1. The molecule has 2 N–H and O–H groups in total. The van der Waals surface area contributed by atoms with Crippen LogP contribution in [0.4, 0.5) is 14.5 Å². The Hall–Kier alpha value is -3.14. The lowest BCUT2D eigenvalue weighted by atomic mass is 9.72. The van der Waals surface area contributed by atoms with Crippen LogP contribution in [0.25, 0.3) is 0 Å². The van der Waals surface area contributed by atoms with Crippen molar-refractivity contribution in [3.05, 3.63) is 59.7 Å². The lowest BCUT2D eigenvalue weighted by Gasteiger charge is -2.35. The Kier molecular flexibility index (Phi) is 6.21. The van der Waals surface area contributed by atoms with Crippen molar-refractivity contribution in [2.24, 2.45) is 0 Å². The summed E-state index contributed by atoms with van der Waals surface area (Å²) >= 11 is 0. The molecule has 1 saturated heterocycles. The van der Waals surface area contributed by atoms with Gasteiger partial charge in [-0.3, -0.25) is 19.7 Å². The molecule has 2 aromatic rings. The van der Waals surface area contributed by atoms with Crippen LogP contribution in [0, 0.1) is 0 Å². The first-order chi connectivity index (χ1) is 14.6. The average molecular weight is 450 g/mol. The highest BCUT2D eigenvalue weighted by atomic mass is 32.2. The van der Waals surface area contributed by atoms with Crippen LogP contribution >= 0.6 is 0 Å². The van der Waals surface area contributed by atoms with Crippen molar-refractivity contribution >= 4 is 33.2 Å². The molecule has 1 unspecified atom stereocenters. The molecule has 1 heterocycles. The molecule has 10 heteroatoms. The number of amides is 3. The highest BCUT2D eigenvalue weighted by Gasteiger charge is 2.42. The van der Waals surface area contributed by atoms with E-state index < -0.39 is 31.8 Å². The average Bonchev–Trinajstić information content (AvgIpc) is 2.75. The summed E-state index contributed by atoms with van der Waals surface area (Å²) < 4.78 is 48.1. The number of hydrogen-bond acceptors (Lipinski definition) is 5. The van der Waals surface area contributed by atoms with Crippen molar-refractivity contribution < 1.29 is 31.6 Å². The number of carbonyl (C=O) groups excluding carboxylic acids is 3. The molecule has 3 amide bonds. The van der Waals surface area contributed by atoms with E-state index in [4.69, 9.17) is 0 Å². The number of nitrogens with one attached hydrogen (secondary N) is 2. The zero-order chi connectivity index (χ0) is 22.8. The van der Waals surface area contributed by atoms with Gasteiger partial charge in [-0.2, -0.15) is 8.78 Å². The lowest BCUT2D eigenvalue weighted by molar-refractivity contribution is -0.138. The minimum absolute atomic E-state index is 0.0903. The van der Waals surface area contributed by atoms with Crippen molar-refractivity contribution in [3.63, 3.8) is 0 Å². The van der Waals surface area contributed by atoms with Crippen LogP contribution < -0.4 is 10.6 Å². The van der Waals surface area contributed by atoms with Gasteiger partial charge in [0.25, 0.3) is 5.91 Å². The molecule has 1 fully saturated rings. The minimum atomic E-state index is -4.73. The maximum atomic E-state index is 12.6. The number of alkyl halides is 2. The van der Waals surface area contributed by atoms with Crippen LogP contribution in [-0.4, -0.2) is 31.9 Å². The molecule has 1 aliphatic heterocycles. The van der Waals surface area contributed by atoms with Gasteiger partial charge in [0.15, 0.2) is 0 Å². The Morgan fingerprint density at radius 1 is 1.10 bits per heavy atom. The third-order valence-corrected chi connectivity index (χ3v) is 6.84. The third-order valence-electron chi connectivity index (χ3n) is 5.44. The number of anilines is 1. The van der Waals surface area contributed by atoms with Crippen LogP contribution in [0.3, 0.4) is 0 Å². The lowest BCUT2D eigenvalue weighted by Crippen LogP contribution is -2.51. The van der Waals surface area contributed by atoms with Crippen LogP contribution in [0.5, 0.6) is 0 Å². The Labute approximate surface area is 177 Å². The highest BCUT2D eigenvalue weighted by Crippen LogP contribution is 2.36. The fourth-order valence-electron chi connectivity index (χ4n) is 3.54. The molecule has 0 aromatic heterocycles. The van der Waals surface area contributed by atoms with Gasteiger partial charge >= 0.3 is 5.76 Å². The van der Waals surface area contributed by atoms with Crippen LogP contribution in [0.15, 0.2) is 53.4 Å². The van der Waals surface area contributed by atoms with Crippen LogP contribution in [-0.2, 0) is 24.8 Å². The molecule has 0 saturated carbocycles. The van der Waals surface area contributed by atoms with E-state index in [-0.39, 0.29) is 23.8 Å². The summed E-state index contributed by atoms with van der Waals surface area (Å²) in [5, 5.41) is 5.00. The van der Waals surface area contributed by atoms with Gasteiger partial charge in [-0.15, -0.1) is 0 Å². The smallest absolute Gasteiger partial charge is 0.322 e. The molecule has 2 aromatic carbocycles. The fraction of sp³-hybridized carbons (Fsp3) is 0.286. The maximum Gasteiger partial charge on any atom is 0.341 e. The summed E-state index contributed by atoms with van der Waals surface area (Å²) in [6.07, 6.45) is 1.15. The molecule has 0 aliphatic carbocycles. The van der Waals surface area contributed by atoms with Gasteiger partial charge < -0.3 is 5.32 Å². The first kappa shape index (κ1) is 22.5. The topological polar surface area (TPSA) is 109 Å². The zero-order valence-corrected chi connectivity index (χ0v) is 17.3.